The molecule has 0 spiro atoms. The number of aromatic nitrogens is 1. The average Bonchev–Trinajstić information content (AvgIpc) is 2.45. The van der Waals surface area contributed by atoms with Crippen LogP contribution < -0.4 is 16.4 Å². The standard InChI is InChI=1S/C15H18N4O/c1-2-19(10-12-5-3-4-8-18-12)14-9-11(16)6-7-13(14)15(17)20/h3-9H,2,10,16H2,1H3,(H2,17,20). The van der Waals surface area contributed by atoms with Gasteiger partial charge in [0.2, 0.25) is 0 Å². The Labute approximate surface area is 118 Å². The first-order valence-electron chi connectivity index (χ1n) is 6.46. The van der Waals surface area contributed by atoms with Crippen molar-refractivity contribution in [3.8, 4) is 0 Å². The zero-order valence-electron chi connectivity index (χ0n) is 11.4. The van der Waals surface area contributed by atoms with Crippen LogP contribution >= 0.6 is 0 Å². The summed E-state index contributed by atoms with van der Waals surface area (Å²) < 4.78 is 0. The van der Waals surface area contributed by atoms with E-state index in [9.17, 15) is 4.79 Å². The molecule has 5 nitrogen and oxygen atoms in total. The smallest absolute Gasteiger partial charge is 0.250 e. The highest BCUT2D eigenvalue weighted by Crippen LogP contribution is 2.24. The highest BCUT2D eigenvalue weighted by Gasteiger charge is 2.14. The fraction of sp³-hybridized carbons (Fsp3) is 0.200. The van der Waals surface area contributed by atoms with Crippen LogP contribution in [0.15, 0.2) is 42.6 Å². The minimum absolute atomic E-state index is 0.459. The summed E-state index contributed by atoms with van der Waals surface area (Å²) in [6, 6.07) is 10.9. The van der Waals surface area contributed by atoms with E-state index in [1.807, 2.05) is 30.0 Å². The molecule has 5 heteroatoms. The molecule has 1 amide bonds. The Morgan fingerprint density at radius 3 is 2.70 bits per heavy atom. The molecule has 0 atom stereocenters. The van der Waals surface area contributed by atoms with Crippen molar-refractivity contribution in [2.75, 3.05) is 17.2 Å². The second-order valence-corrected chi connectivity index (χ2v) is 4.48. The maximum absolute atomic E-state index is 11.5. The second kappa shape index (κ2) is 6.06. The maximum atomic E-state index is 11.5. The molecule has 104 valence electrons. The van der Waals surface area contributed by atoms with Gasteiger partial charge in [-0.15, -0.1) is 0 Å². The summed E-state index contributed by atoms with van der Waals surface area (Å²) in [4.78, 5) is 17.9. The number of nitrogen functional groups attached to an aromatic ring is 1. The van der Waals surface area contributed by atoms with Gasteiger partial charge in [-0.25, -0.2) is 0 Å². The third-order valence-electron chi connectivity index (χ3n) is 3.09. The lowest BCUT2D eigenvalue weighted by molar-refractivity contribution is 0.100. The molecular formula is C15H18N4O. The fourth-order valence-corrected chi connectivity index (χ4v) is 2.07. The number of nitrogens with zero attached hydrogens (tertiary/aromatic N) is 2. The van der Waals surface area contributed by atoms with Crippen LogP contribution in [0, 0.1) is 0 Å². The van der Waals surface area contributed by atoms with E-state index in [0.717, 1.165) is 17.9 Å². The van der Waals surface area contributed by atoms with Crippen molar-refractivity contribution in [2.45, 2.75) is 13.5 Å². The molecular weight excluding hydrogens is 252 g/mol. The normalized spacial score (nSPS) is 10.2. The third kappa shape index (κ3) is 3.06. The van der Waals surface area contributed by atoms with E-state index in [1.54, 1.807) is 24.4 Å². The number of hydrogen-bond acceptors (Lipinski definition) is 4. The second-order valence-electron chi connectivity index (χ2n) is 4.48. The van der Waals surface area contributed by atoms with Gasteiger partial charge < -0.3 is 16.4 Å². The molecule has 1 heterocycles. The molecule has 20 heavy (non-hydrogen) atoms. The van der Waals surface area contributed by atoms with E-state index in [-0.39, 0.29) is 0 Å². The van der Waals surface area contributed by atoms with Crippen LogP contribution in [0.4, 0.5) is 11.4 Å². The Balaban J connectivity index is 2.36. The van der Waals surface area contributed by atoms with Crippen molar-refractivity contribution < 1.29 is 4.79 Å². The molecule has 1 aromatic heterocycles. The number of primary amides is 1. The van der Waals surface area contributed by atoms with Crippen molar-refractivity contribution in [1.29, 1.82) is 0 Å². The van der Waals surface area contributed by atoms with Crippen molar-refractivity contribution in [1.82, 2.24) is 4.98 Å². The monoisotopic (exact) mass is 270 g/mol. The first-order valence-corrected chi connectivity index (χ1v) is 6.46. The van der Waals surface area contributed by atoms with Crippen LogP contribution in [0.2, 0.25) is 0 Å². The molecule has 0 unspecified atom stereocenters. The number of anilines is 2. The van der Waals surface area contributed by atoms with Crippen molar-refractivity contribution in [3.63, 3.8) is 0 Å². The number of rotatable bonds is 5. The molecule has 4 N–H and O–H groups in total. The third-order valence-corrected chi connectivity index (χ3v) is 3.09. The highest BCUT2D eigenvalue weighted by molar-refractivity contribution is 5.99. The molecule has 2 rings (SSSR count). The summed E-state index contributed by atoms with van der Waals surface area (Å²) in [5.41, 5.74) is 14.0. The van der Waals surface area contributed by atoms with Crippen LogP contribution in [0.3, 0.4) is 0 Å². The lowest BCUT2D eigenvalue weighted by Crippen LogP contribution is -2.26. The van der Waals surface area contributed by atoms with E-state index >= 15 is 0 Å². The zero-order chi connectivity index (χ0) is 14.5. The van der Waals surface area contributed by atoms with Crippen molar-refractivity contribution >= 4 is 17.3 Å². The summed E-state index contributed by atoms with van der Waals surface area (Å²) >= 11 is 0. The first-order chi connectivity index (χ1) is 9.61. The van der Waals surface area contributed by atoms with Gasteiger partial charge in [-0.2, -0.15) is 0 Å². The quantitative estimate of drug-likeness (QED) is 0.811. The van der Waals surface area contributed by atoms with E-state index in [1.165, 1.54) is 0 Å². The average molecular weight is 270 g/mol. The van der Waals surface area contributed by atoms with Crippen LogP contribution in [0.25, 0.3) is 0 Å². The number of hydrogen-bond donors (Lipinski definition) is 2. The van der Waals surface area contributed by atoms with Gasteiger partial charge in [0.1, 0.15) is 0 Å². The summed E-state index contributed by atoms with van der Waals surface area (Å²) in [6.45, 7) is 3.33. The lowest BCUT2D eigenvalue weighted by atomic mass is 10.1. The summed E-state index contributed by atoms with van der Waals surface area (Å²) in [6.07, 6.45) is 1.75. The zero-order valence-corrected chi connectivity index (χ0v) is 11.4. The molecule has 0 bridgehead atoms. The maximum Gasteiger partial charge on any atom is 0.250 e. The number of pyridine rings is 1. The predicted octanol–water partition coefficient (Wildman–Crippen LogP) is 1.79. The number of carbonyl (C=O) groups excluding carboxylic acids is 1. The van der Waals surface area contributed by atoms with Gasteiger partial charge in [0.25, 0.3) is 5.91 Å². The van der Waals surface area contributed by atoms with E-state index in [0.29, 0.717) is 17.8 Å². The Bertz CT molecular complexity index is 598. The highest BCUT2D eigenvalue weighted by atomic mass is 16.1. The number of amides is 1. The van der Waals surface area contributed by atoms with E-state index < -0.39 is 5.91 Å². The molecule has 0 radical (unpaired) electrons. The Morgan fingerprint density at radius 1 is 1.30 bits per heavy atom. The largest absolute Gasteiger partial charge is 0.399 e. The van der Waals surface area contributed by atoms with E-state index in [2.05, 4.69) is 4.98 Å². The van der Waals surface area contributed by atoms with Crippen LogP contribution in [-0.2, 0) is 6.54 Å². The summed E-state index contributed by atoms with van der Waals surface area (Å²) in [7, 11) is 0. The molecule has 0 aliphatic carbocycles. The molecule has 1 aromatic carbocycles. The van der Waals surface area contributed by atoms with Gasteiger partial charge in [-0.05, 0) is 37.3 Å². The Morgan fingerprint density at radius 2 is 2.10 bits per heavy atom. The molecule has 0 aliphatic heterocycles. The Kier molecular flexibility index (Phi) is 4.20. The Hall–Kier alpha value is -2.56. The van der Waals surface area contributed by atoms with Crippen molar-refractivity contribution in [3.05, 3.63) is 53.9 Å². The SMILES string of the molecule is CCN(Cc1ccccn1)c1cc(N)ccc1C(N)=O. The molecule has 0 saturated carbocycles. The van der Waals surface area contributed by atoms with Crippen molar-refractivity contribution in [2.24, 2.45) is 5.73 Å². The van der Waals surface area contributed by atoms with Gasteiger partial charge >= 0.3 is 0 Å². The van der Waals surface area contributed by atoms with Crippen LogP contribution in [-0.4, -0.2) is 17.4 Å². The molecule has 0 aliphatic rings. The first kappa shape index (κ1) is 13.9. The predicted molar refractivity (Wildman–Crippen MR) is 80.3 cm³/mol. The minimum Gasteiger partial charge on any atom is -0.399 e. The molecule has 0 saturated heterocycles. The van der Waals surface area contributed by atoms with Gasteiger partial charge in [0.05, 0.1) is 23.5 Å². The minimum atomic E-state index is -0.459. The summed E-state index contributed by atoms with van der Waals surface area (Å²) in [5.74, 6) is -0.459. The molecule has 0 fully saturated rings. The number of benzene rings is 1. The van der Waals surface area contributed by atoms with Gasteiger partial charge in [-0.3, -0.25) is 9.78 Å². The van der Waals surface area contributed by atoms with E-state index in [4.69, 9.17) is 11.5 Å². The molecule has 2 aromatic rings. The topological polar surface area (TPSA) is 85.2 Å². The fourth-order valence-electron chi connectivity index (χ4n) is 2.07. The van der Waals surface area contributed by atoms with Crippen LogP contribution in [0.5, 0.6) is 0 Å². The lowest BCUT2D eigenvalue weighted by Gasteiger charge is -2.25. The summed E-state index contributed by atoms with van der Waals surface area (Å²) in [5, 5.41) is 0. The van der Waals surface area contributed by atoms with Gasteiger partial charge in [0, 0.05) is 18.4 Å². The van der Waals surface area contributed by atoms with Gasteiger partial charge in [-0.1, -0.05) is 6.07 Å². The van der Waals surface area contributed by atoms with Crippen LogP contribution in [0.1, 0.15) is 23.0 Å². The number of carbonyl (C=O) groups is 1. The van der Waals surface area contributed by atoms with Gasteiger partial charge in [0.15, 0.2) is 0 Å². The number of nitrogens with two attached hydrogens (primary N) is 2.